The van der Waals surface area contributed by atoms with Crippen LogP contribution in [0.5, 0.6) is 5.75 Å². The maximum absolute atomic E-state index is 12.8. The van der Waals surface area contributed by atoms with Gasteiger partial charge in [0.1, 0.15) is 5.75 Å². The van der Waals surface area contributed by atoms with Crippen molar-refractivity contribution in [2.45, 2.75) is 11.6 Å². The standard InChI is InChI=1S/C18H21N5O6S/c1-21-15-14(16(25)23(3)18(26)22(15)2)20-17(21)30(27,28)9-8-13(24)19-11-6-5-7-12(10-11)29-4/h5-7,10H,8-9H2,1-4H3,(H,19,24). The van der Waals surface area contributed by atoms with Crippen LogP contribution in [0.3, 0.4) is 0 Å². The average molecular weight is 435 g/mol. The molecule has 3 rings (SSSR count). The molecule has 11 nitrogen and oxygen atoms in total. The molecule has 1 aromatic carbocycles. The number of nitrogens with one attached hydrogen (secondary N) is 1. The highest BCUT2D eigenvalue weighted by Crippen LogP contribution is 2.18. The minimum atomic E-state index is -4.01. The Labute approximate surface area is 171 Å². The molecule has 0 bridgehead atoms. The van der Waals surface area contributed by atoms with Crippen molar-refractivity contribution in [2.24, 2.45) is 21.1 Å². The predicted molar refractivity (Wildman–Crippen MR) is 109 cm³/mol. The Morgan fingerprint density at radius 1 is 1.13 bits per heavy atom. The maximum atomic E-state index is 12.8. The van der Waals surface area contributed by atoms with E-state index in [2.05, 4.69) is 10.3 Å². The van der Waals surface area contributed by atoms with Gasteiger partial charge >= 0.3 is 5.69 Å². The van der Waals surface area contributed by atoms with Gasteiger partial charge in [0, 0.05) is 39.3 Å². The highest BCUT2D eigenvalue weighted by atomic mass is 32.2. The second-order valence-corrected chi connectivity index (χ2v) is 8.68. The lowest BCUT2D eigenvalue weighted by molar-refractivity contribution is -0.115. The van der Waals surface area contributed by atoms with Crippen LogP contribution in [0.1, 0.15) is 6.42 Å². The van der Waals surface area contributed by atoms with E-state index in [1.54, 1.807) is 24.3 Å². The molecule has 0 fully saturated rings. The minimum absolute atomic E-state index is 0.0857. The minimum Gasteiger partial charge on any atom is -0.497 e. The summed E-state index contributed by atoms with van der Waals surface area (Å²) in [7, 11) is 1.59. The smallest absolute Gasteiger partial charge is 0.332 e. The molecule has 0 aliphatic rings. The van der Waals surface area contributed by atoms with E-state index >= 15 is 0 Å². The largest absolute Gasteiger partial charge is 0.497 e. The number of fused-ring (bicyclic) bond motifs is 1. The summed E-state index contributed by atoms with van der Waals surface area (Å²) >= 11 is 0. The van der Waals surface area contributed by atoms with Crippen LogP contribution in [0.15, 0.2) is 39.0 Å². The van der Waals surface area contributed by atoms with Crippen molar-refractivity contribution in [1.29, 1.82) is 0 Å². The molecule has 0 atom stereocenters. The molecular weight excluding hydrogens is 414 g/mol. The van der Waals surface area contributed by atoms with E-state index in [1.807, 2.05) is 0 Å². The first-order valence-electron chi connectivity index (χ1n) is 8.86. The number of carbonyl (C=O) groups excluding carboxylic acids is 1. The number of hydrogen-bond donors (Lipinski definition) is 1. The molecule has 30 heavy (non-hydrogen) atoms. The Kier molecular flexibility index (Phi) is 5.53. The zero-order valence-electron chi connectivity index (χ0n) is 16.9. The van der Waals surface area contributed by atoms with Crippen molar-refractivity contribution in [2.75, 3.05) is 18.2 Å². The molecule has 0 spiro atoms. The zero-order chi connectivity index (χ0) is 22.2. The zero-order valence-corrected chi connectivity index (χ0v) is 17.7. The molecular formula is C18H21N5O6S. The third kappa shape index (κ3) is 3.73. The number of rotatable bonds is 6. The Balaban J connectivity index is 1.86. The Bertz CT molecular complexity index is 1370. The van der Waals surface area contributed by atoms with Crippen LogP contribution < -0.4 is 21.3 Å². The van der Waals surface area contributed by atoms with Gasteiger partial charge in [-0.3, -0.25) is 18.7 Å². The molecule has 0 saturated heterocycles. The number of hydrogen-bond acceptors (Lipinski definition) is 7. The molecule has 1 amide bonds. The monoisotopic (exact) mass is 435 g/mol. The fraction of sp³-hybridized carbons (Fsp3) is 0.333. The number of nitrogens with zero attached hydrogens (tertiary/aromatic N) is 4. The third-order valence-electron chi connectivity index (χ3n) is 4.65. The fourth-order valence-electron chi connectivity index (χ4n) is 3.08. The van der Waals surface area contributed by atoms with Crippen LogP contribution in [-0.2, 0) is 35.8 Å². The molecule has 1 N–H and O–H groups in total. The Morgan fingerprint density at radius 3 is 2.50 bits per heavy atom. The van der Waals surface area contributed by atoms with Gasteiger partial charge in [0.25, 0.3) is 5.56 Å². The van der Waals surface area contributed by atoms with Crippen molar-refractivity contribution in [3.8, 4) is 5.75 Å². The summed E-state index contributed by atoms with van der Waals surface area (Å²) in [5.74, 6) is -0.477. The molecule has 12 heteroatoms. The fourth-order valence-corrected chi connectivity index (χ4v) is 4.45. The lowest BCUT2D eigenvalue weighted by Crippen LogP contribution is -2.37. The Hall–Kier alpha value is -3.41. The summed E-state index contributed by atoms with van der Waals surface area (Å²) in [5, 5.41) is 2.22. The highest BCUT2D eigenvalue weighted by Gasteiger charge is 2.26. The predicted octanol–water partition coefficient (Wildman–Crippen LogP) is -0.218. The van der Waals surface area contributed by atoms with Crippen LogP contribution in [0.4, 0.5) is 5.69 Å². The Morgan fingerprint density at radius 2 is 1.83 bits per heavy atom. The van der Waals surface area contributed by atoms with E-state index in [-0.39, 0.29) is 22.7 Å². The van der Waals surface area contributed by atoms with Crippen molar-refractivity contribution < 1.29 is 17.9 Å². The number of ether oxygens (including phenoxy) is 1. The molecule has 0 aliphatic heterocycles. The van der Waals surface area contributed by atoms with Crippen LogP contribution >= 0.6 is 0 Å². The van der Waals surface area contributed by atoms with E-state index in [1.165, 1.54) is 32.8 Å². The summed E-state index contributed by atoms with van der Waals surface area (Å²) in [4.78, 5) is 40.6. The number of aromatic nitrogens is 4. The van der Waals surface area contributed by atoms with Crippen LogP contribution in [0.2, 0.25) is 0 Å². The van der Waals surface area contributed by atoms with E-state index < -0.39 is 32.7 Å². The molecule has 0 radical (unpaired) electrons. The molecule has 160 valence electrons. The molecule has 0 unspecified atom stereocenters. The summed E-state index contributed by atoms with van der Waals surface area (Å²) in [5.41, 5.74) is -0.875. The maximum Gasteiger partial charge on any atom is 0.332 e. The lowest BCUT2D eigenvalue weighted by Gasteiger charge is -2.08. The lowest BCUT2D eigenvalue weighted by atomic mass is 10.3. The second kappa shape index (κ2) is 7.78. The number of sulfone groups is 1. The average Bonchev–Trinajstić information content (AvgIpc) is 3.07. The van der Waals surface area contributed by atoms with Gasteiger partial charge in [-0.25, -0.2) is 18.2 Å². The summed E-state index contributed by atoms with van der Waals surface area (Å²) in [6, 6.07) is 6.66. The van der Waals surface area contributed by atoms with Gasteiger partial charge in [0.05, 0.1) is 12.9 Å². The number of aryl methyl sites for hydroxylation is 2. The first kappa shape index (κ1) is 21.3. The van der Waals surface area contributed by atoms with Crippen molar-refractivity contribution >= 4 is 32.6 Å². The second-order valence-electron chi connectivity index (χ2n) is 6.68. The topological polar surface area (TPSA) is 134 Å². The van der Waals surface area contributed by atoms with Crippen molar-refractivity contribution in [1.82, 2.24) is 18.7 Å². The molecule has 3 aromatic rings. The highest BCUT2D eigenvalue weighted by molar-refractivity contribution is 7.91. The number of amides is 1. The van der Waals surface area contributed by atoms with E-state index in [4.69, 9.17) is 4.74 Å². The van der Waals surface area contributed by atoms with Crippen molar-refractivity contribution in [3.63, 3.8) is 0 Å². The van der Waals surface area contributed by atoms with Crippen molar-refractivity contribution in [3.05, 3.63) is 45.1 Å². The van der Waals surface area contributed by atoms with Gasteiger partial charge < -0.3 is 14.6 Å². The van der Waals surface area contributed by atoms with Crippen LogP contribution in [0, 0.1) is 0 Å². The third-order valence-corrected chi connectivity index (χ3v) is 6.32. The number of anilines is 1. The van der Waals surface area contributed by atoms with Gasteiger partial charge in [0.2, 0.25) is 20.9 Å². The number of methoxy groups -OCH3 is 1. The van der Waals surface area contributed by atoms with Gasteiger partial charge in [0.15, 0.2) is 11.2 Å². The van der Waals surface area contributed by atoms with Gasteiger partial charge in [-0.2, -0.15) is 0 Å². The first-order valence-corrected chi connectivity index (χ1v) is 10.5. The molecule has 0 saturated carbocycles. The van der Waals surface area contributed by atoms with Gasteiger partial charge in [-0.15, -0.1) is 0 Å². The molecule has 2 heterocycles. The quantitative estimate of drug-likeness (QED) is 0.566. The van der Waals surface area contributed by atoms with Gasteiger partial charge in [-0.1, -0.05) is 6.07 Å². The van der Waals surface area contributed by atoms with Crippen LogP contribution in [-0.4, -0.2) is 45.9 Å². The van der Waals surface area contributed by atoms with E-state index in [0.717, 1.165) is 9.13 Å². The first-order chi connectivity index (χ1) is 14.1. The SMILES string of the molecule is COc1cccc(NC(=O)CCS(=O)(=O)c2nc3c(=O)n(C)c(=O)n(C)c3n2C)c1. The number of benzene rings is 1. The van der Waals surface area contributed by atoms with E-state index in [0.29, 0.717) is 11.4 Å². The van der Waals surface area contributed by atoms with Crippen LogP contribution in [0.25, 0.3) is 11.2 Å². The summed E-state index contributed by atoms with van der Waals surface area (Å²) in [6.45, 7) is 0. The summed E-state index contributed by atoms with van der Waals surface area (Å²) in [6.07, 6.45) is -0.320. The summed E-state index contributed by atoms with van der Waals surface area (Å²) < 4.78 is 33.8. The molecule has 2 aromatic heterocycles. The normalized spacial score (nSPS) is 11.6. The molecule has 0 aliphatic carbocycles. The number of carbonyl (C=O) groups is 1. The number of imidazole rings is 1. The van der Waals surface area contributed by atoms with E-state index in [9.17, 15) is 22.8 Å². The van der Waals surface area contributed by atoms with Gasteiger partial charge in [-0.05, 0) is 12.1 Å².